The van der Waals surface area contributed by atoms with Crippen molar-refractivity contribution in [3.8, 4) is 11.4 Å². The van der Waals surface area contributed by atoms with E-state index in [2.05, 4.69) is 20.0 Å². The number of alkyl halides is 3. The highest BCUT2D eigenvalue weighted by Gasteiger charge is 2.38. The van der Waals surface area contributed by atoms with Gasteiger partial charge in [-0.1, -0.05) is 29.4 Å². The number of hydrogen-bond acceptors (Lipinski definition) is 5. The van der Waals surface area contributed by atoms with Crippen LogP contribution in [0, 0.1) is 0 Å². The molecule has 0 bridgehead atoms. The second-order valence-electron chi connectivity index (χ2n) is 5.28. The fraction of sp³-hybridized carbons (Fsp3) is 0.375. The van der Waals surface area contributed by atoms with Crippen molar-refractivity contribution >= 4 is 11.8 Å². The van der Waals surface area contributed by atoms with Crippen molar-refractivity contribution < 1.29 is 27.3 Å². The molecule has 0 unspecified atom stereocenters. The molecule has 0 atom stereocenters. The first-order chi connectivity index (χ1) is 12.3. The van der Waals surface area contributed by atoms with Crippen LogP contribution < -0.4 is 5.32 Å². The molecule has 1 heterocycles. The SMILES string of the molecule is CCN(CC)C(=O)C(=O)NCc1ccc(-c2noc(C(F)(F)F)n2)cc1. The highest BCUT2D eigenvalue weighted by Crippen LogP contribution is 2.29. The second-order valence-corrected chi connectivity index (χ2v) is 5.28. The van der Waals surface area contributed by atoms with Crippen LogP contribution in [-0.4, -0.2) is 39.9 Å². The lowest BCUT2D eigenvalue weighted by atomic mass is 10.1. The van der Waals surface area contributed by atoms with E-state index in [0.717, 1.165) is 0 Å². The summed E-state index contributed by atoms with van der Waals surface area (Å²) in [6.07, 6.45) is -4.70. The van der Waals surface area contributed by atoms with Crippen molar-refractivity contribution in [2.24, 2.45) is 0 Å². The molecule has 1 N–H and O–H groups in total. The summed E-state index contributed by atoms with van der Waals surface area (Å²) in [4.78, 5) is 28.4. The van der Waals surface area contributed by atoms with Gasteiger partial charge >= 0.3 is 23.9 Å². The molecule has 1 aromatic heterocycles. The minimum absolute atomic E-state index is 0.103. The topological polar surface area (TPSA) is 88.3 Å². The first kappa shape index (κ1) is 19.4. The Bertz CT molecular complexity index is 768. The van der Waals surface area contributed by atoms with E-state index in [4.69, 9.17) is 0 Å². The predicted octanol–water partition coefficient (Wildman–Crippen LogP) is 2.24. The zero-order chi connectivity index (χ0) is 19.3. The monoisotopic (exact) mass is 370 g/mol. The van der Waals surface area contributed by atoms with Crippen LogP contribution in [0.3, 0.4) is 0 Å². The van der Waals surface area contributed by atoms with Gasteiger partial charge in [0.2, 0.25) is 5.82 Å². The van der Waals surface area contributed by atoms with Gasteiger partial charge in [-0.15, -0.1) is 0 Å². The molecule has 0 saturated carbocycles. The number of nitrogens with zero attached hydrogens (tertiary/aromatic N) is 3. The van der Waals surface area contributed by atoms with Gasteiger partial charge < -0.3 is 14.7 Å². The first-order valence-electron chi connectivity index (χ1n) is 7.83. The average molecular weight is 370 g/mol. The van der Waals surface area contributed by atoms with Crippen LogP contribution in [0.15, 0.2) is 28.8 Å². The van der Waals surface area contributed by atoms with Gasteiger partial charge in [-0.2, -0.15) is 18.2 Å². The number of halogens is 3. The minimum atomic E-state index is -4.70. The summed E-state index contributed by atoms with van der Waals surface area (Å²) in [7, 11) is 0. The first-order valence-corrected chi connectivity index (χ1v) is 7.83. The number of amides is 2. The molecule has 2 amide bonds. The summed E-state index contributed by atoms with van der Waals surface area (Å²) in [5.41, 5.74) is 0.993. The molecular formula is C16H17F3N4O3. The summed E-state index contributed by atoms with van der Waals surface area (Å²) < 4.78 is 41.6. The number of rotatable bonds is 5. The molecule has 0 aliphatic rings. The van der Waals surface area contributed by atoms with E-state index >= 15 is 0 Å². The van der Waals surface area contributed by atoms with Gasteiger partial charge in [-0.05, 0) is 19.4 Å². The lowest BCUT2D eigenvalue weighted by Crippen LogP contribution is -2.42. The smallest absolute Gasteiger partial charge is 0.344 e. The van der Waals surface area contributed by atoms with E-state index in [9.17, 15) is 22.8 Å². The van der Waals surface area contributed by atoms with E-state index in [-0.39, 0.29) is 12.4 Å². The summed E-state index contributed by atoms with van der Waals surface area (Å²) in [5, 5.41) is 5.79. The van der Waals surface area contributed by atoms with Crippen molar-refractivity contribution in [1.29, 1.82) is 0 Å². The quantitative estimate of drug-likeness (QED) is 0.816. The van der Waals surface area contributed by atoms with Gasteiger partial charge in [-0.25, -0.2) is 0 Å². The maximum absolute atomic E-state index is 12.5. The highest BCUT2D eigenvalue weighted by atomic mass is 19.4. The molecule has 26 heavy (non-hydrogen) atoms. The van der Waals surface area contributed by atoms with Crippen molar-refractivity contribution in [2.75, 3.05) is 13.1 Å². The third-order valence-corrected chi connectivity index (χ3v) is 3.58. The third kappa shape index (κ3) is 4.58. The van der Waals surface area contributed by atoms with Crippen LogP contribution in [0.4, 0.5) is 13.2 Å². The Morgan fingerprint density at radius 1 is 1.15 bits per heavy atom. The fourth-order valence-corrected chi connectivity index (χ4v) is 2.14. The molecule has 7 nitrogen and oxygen atoms in total. The van der Waals surface area contributed by atoms with Gasteiger partial charge in [0, 0.05) is 25.2 Å². The normalized spacial score (nSPS) is 11.3. The Morgan fingerprint density at radius 2 is 1.77 bits per heavy atom. The molecule has 0 fully saturated rings. The molecule has 2 aromatic rings. The molecule has 2 rings (SSSR count). The molecule has 1 aromatic carbocycles. The van der Waals surface area contributed by atoms with Crippen molar-refractivity contribution in [1.82, 2.24) is 20.4 Å². The number of carbonyl (C=O) groups excluding carboxylic acids is 2. The molecule has 0 spiro atoms. The predicted molar refractivity (Wildman–Crippen MR) is 84.5 cm³/mol. The maximum Gasteiger partial charge on any atom is 0.471 e. The van der Waals surface area contributed by atoms with Gasteiger partial charge in [0.05, 0.1) is 0 Å². The standard InChI is InChI=1S/C16H17F3N4O3/c1-3-23(4-2)14(25)13(24)20-9-10-5-7-11(8-6-10)12-21-15(26-22-12)16(17,18)19/h5-8H,3-4,9H2,1-2H3,(H,20,24). The number of benzene rings is 1. The van der Waals surface area contributed by atoms with Crippen molar-refractivity contribution in [3.05, 3.63) is 35.7 Å². The zero-order valence-electron chi connectivity index (χ0n) is 14.1. The van der Waals surface area contributed by atoms with Gasteiger partial charge in [-0.3, -0.25) is 9.59 Å². The van der Waals surface area contributed by atoms with Gasteiger partial charge in [0.25, 0.3) is 0 Å². The molecule has 0 aliphatic carbocycles. The molecular weight excluding hydrogens is 353 g/mol. The van der Waals surface area contributed by atoms with Crippen LogP contribution in [0.5, 0.6) is 0 Å². The summed E-state index contributed by atoms with van der Waals surface area (Å²) in [5.74, 6) is -2.94. The van der Waals surface area contributed by atoms with Crippen LogP contribution in [-0.2, 0) is 22.3 Å². The van der Waals surface area contributed by atoms with Gasteiger partial charge in [0.15, 0.2) is 0 Å². The largest absolute Gasteiger partial charge is 0.471 e. The van der Waals surface area contributed by atoms with Crippen LogP contribution >= 0.6 is 0 Å². The Morgan fingerprint density at radius 3 is 2.27 bits per heavy atom. The van der Waals surface area contributed by atoms with E-state index in [1.54, 1.807) is 26.0 Å². The van der Waals surface area contributed by atoms with Gasteiger partial charge in [0.1, 0.15) is 0 Å². The minimum Gasteiger partial charge on any atom is -0.344 e. The lowest BCUT2D eigenvalue weighted by molar-refractivity contribution is -0.159. The molecule has 0 radical (unpaired) electrons. The zero-order valence-corrected chi connectivity index (χ0v) is 14.1. The van der Waals surface area contributed by atoms with E-state index in [1.807, 2.05) is 0 Å². The van der Waals surface area contributed by atoms with Crippen molar-refractivity contribution in [3.63, 3.8) is 0 Å². The number of hydrogen-bond donors (Lipinski definition) is 1. The van der Waals surface area contributed by atoms with Crippen LogP contribution in [0.2, 0.25) is 0 Å². The highest BCUT2D eigenvalue weighted by molar-refractivity contribution is 6.34. The second kappa shape index (κ2) is 7.98. The Hall–Kier alpha value is -2.91. The molecule has 10 heteroatoms. The molecule has 140 valence electrons. The maximum atomic E-state index is 12.5. The van der Waals surface area contributed by atoms with Crippen LogP contribution in [0.1, 0.15) is 25.3 Å². The Labute approximate surface area is 147 Å². The lowest BCUT2D eigenvalue weighted by Gasteiger charge is -2.17. The molecule has 0 aliphatic heterocycles. The number of nitrogens with one attached hydrogen (secondary N) is 1. The summed E-state index contributed by atoms with van der Waals surface area (Å²) in [6.45, 7) is 4.52. The summed E-state index contributed by atoms with van der Waals surface area (Å²) >= 11 is 0. The Kier molecular flexibility index (Phi) is 5.96. The molecule has 0 saturated heterocycles. The third-order valence-electron chi connectivity index (χ3n) is 3.58. The van der Waals surface area contributed by atoms with Crippen LogP contribution in [0.25, 0.3) is 11.4 Å². The Balaban J connectivity index is 1.98. The average Bonchev–Trinajstić information content (AvgIpc) is 3.11. The number of likely N-dealkylation sites (N-methyl/N-ethyl adjacent to an activating group) is 1. The van der Waals surface area contributed by atoms with E-state index in [1.165, 1.54) is 17.0 Å². The van der Waals surface area contributed by atoms with Crippen molar-refractivity contribution in [2.45, 2.75) is 26.6 Å². The van der Waals surface area contributed by atoms with E-state index in [0.29, 0.717) is 24.2 Å². The fourth-order valence-electron chi connectivity index (χ4n) is 2.14. The number of carbonyl (C=O) groups is 2. The summed E-state index contributed by atoms with van der Waals surface area (Å²) in [6, 6.07) is 6.17. The number of aromatic nitrogens is 2. The van der Waals surface area contributed by atoms with E-state index < -0.39 is 23.9 Å².